The molecule has 1 atom stereocenters. The molecular weight excluding hydrogens is 247 g/mol. The van der Waals surface area contributed by atoms with Crippen LogP contribution in [0.4, 0.5) is 10.1 Å². The number of benzene rings is 1. The molecule has 1 aromatic carbocycles. The maximum Gasteiger partial charge on any atom is 0.239 e. The van der Waals surface area contributed by atoms with E-state index in [1.807, 2.05) is 6.92 Å². The summed E-state index contributed by atoms with van der Waals surface area (Å²) in [5.41, 5.74) is 0.806. The predicted octanol–water partition coefficient (Wildman–Crippen LogP) is 1.84. The third-order valence-electron chi connectivity index (χ3n) is 2.90. The monoisotopic (exact) mass is 268 g/mol. The number of hydrogen-bond donors (Lipinski definition) is 2. The van der Waals surface area contributed by atoms with Gasteiger partial charge in [-0.3, -0.25) is 4.79 Å². The molecule has 1 aromatic rings. The first kappa shape index (κ1) is 15.4. The van der Waals surface area contributed by atoms with Crippen LogP contribution in [0.3, 0.4) is 0 Å². The number of carbonyl (C=O) groups excluding carboxylic acids is 1. The Bertz CT molecular complexity index is 435. The highest BCUT2D eigenvalue weighted by Gasteiger charge is 2.19. The van der Waals surface area contributed by atoms with Crippen molar-refractivity contribution in [1.82, 2.24) is 5.32 Å². The minimum atomic E-state index is -0.916. The summed E-state index contributed by atoms with van der Waals surface area (Å²) in [6, 6.07) is 4.63. The topological polar surface area (TPSA) is 52.6 Å². The fourth-order valence-electron chi connectivity index (χ4n) is 2.02. The van der Waals surface area contributed by atoms with E-state index >= 15 is 0 Å². The molecule has 0 aliphatic heterocycles. The molecule has 0 aliphatic carbocycles. The molecule has 19 heavy (non-hydrogen) atoms. The molecule has 0 fully saturated rings. The van der Waals surface area contributed by atoms with Crippen molar-refractivity contribution >= 4 is 11.6 Å². The van der Waals surface area contributed by atoms with E-state index in [9.17, 15) is 14.3 Å². The Kier molecular flexibility index (Phi) is 5.76. The highest BCUT2D eigenvalue weighted by atomic mass is 19.1. The molecule has 5 heteroatoms. The molecule has 0 unspecified atom stereocenters. The fraction of sp³-hybridized carbons (Fsp3) is 0.500. The van der Waals surface area contributed by atoms with Crippen molar-refractivity contribution in [3.8, 4) is 0 Å². The zero-order valence-corrected chi connectivity index (χ0v) is 11.6. The molecule has 2 N–H and O–H groups in total. The van der Waals surface area contributed by atoms with Crippen LogP contribution in [0.15, 0.2) is 18.2 Å². The Morgan fingerprint density at radius 1 is 1.53 bits per heavy atom. The summed E-state index contributed by atoms with van der Waals surface area (Å²) in [7, 11) is 1.56. The van der Waals surface area contributed by atoms with Gasteiger partial charge in [0.15, 0.2) is 0 Å². The van der Waals surface area contributed by atoms with Gasteiger partial charge >= 0.3 is 0 Å². The van der Waals surface area contributed by atoms with Crippen LogP contribution in [0.1, 0.15) is 31.9 Å². The summed E-state index contributed by atoms with van der Waals surface area (Å²) < 4.78 is 13.8. The van der Waals surface area contributed by atoms with Crippen LogP contribution in [0.5, 0.6) is 0 Å². The first-order valence-corrected chi connectivity index (χ1v) is 6.43. The maximum atomic E-state index is 13.8. The molecule has 0 saturated heterocycles. The lowest BCUT2D eigenvalue weighted by molar-refractivity contribution is -0.119. The van der Waals surface area contributed by atoms with Crippen molar-refractivity contribution < 1.29 is 14.3 Å². The Morgan fingerprint density at radius 2 is 2.21 bits per heavy atom. The number of likely N-dealkylation sites (N-methyl/N-ethyl adjacent to an activating group) is 1. The molecule has 0 heterocycles. The lowest BCUT2D eigenvalue weighted by Gasteiger charge is -2.27. The molecule has 0 aromatic heterocycles. The average molecular weight is 268 g/mol. The van der Waals surface area contributed by atoms with Gasteiger partial charge in [0.25, 0.3) is 0 Å². The van der Waals surface area contributed by atoms with Gasteiger partial charge in [-0.2, -0.15) is 0 Å². The number of aliphatic hydroxyl groups is 1. The molecule has 4 nitrogen and oxygen atoms in total. The number of nitrogens with one attached hydrogen (secondary N) is 1. The number of halogens is 1. The number of amides is 1. The number of anilines is 1. The first-order chi connectivity index (χ1) is 9.01. The van der Waals surface area contributed by atoms with Gasteiger partial charge in [0.1, 0.15) is 5.82 Å². The van der Waals surface area contributed by atoms with E-state index in [1.165, 1.54) is 13.0 Å². The van der Waals surface area contributed by atoms with Gasteiger partial charge in [-0.05, 0) is 25.5 Å². The summed E-state index contributed by atoms with van der Waals surface area (Å²) in [5.74, 6) is -0.597. The minimum Gasteiger partial charge on any atom is -0.389 e. The van der Waals surface area contributed by atoms with Crippen molar-refractivity contribution in [1.29, 1.82) is 0 Å². The zero-order chi connectivity index (χ0) is 14.4. The quantitative estimate of drug-likeness (QED) is 0.827. The van der Waals surface area contributed by atoms with Crippen LogP contribution in [0, 0.1) is 5.82 Å². The molecule has 1 rings (SSSR count). The Balaban J connectivity index is 3.14. The summed E-state index contributed by atoms with van der Waals surface area (Å²) in [5, 5.41) is 12.3. The second-order valence-electron chi connectivity index (χ2n) is 4.44. The van der Waals surface area contributed by atoms with E-state index in [2.05, 4.69) is 5.32 Å². The normalized spacial score (nSPS) is 12.1. The van der Waals surface area contributed by atoms with Crippen LogP contribution < -0.4 is 10.2 Å². The van der Waals surface area contributed by atoms with E-state index in [0.717, 1.165) is 6.42 Å². The highest BCUT2D eigenvalue weighted by molar-refractivity contribution is 5.81. The average Bonchev–Trinajstić information content (AvgIpc) is 2.37. The van der Waals surface area contributed by atoms with Crippen LogP contribution in [0.2, 0.25) is 0 Å². The van der Waals surface area contributed by atoms with Gasteiger partial charge in [-0.1, -0.05) is 13.0 Å². The second kappa shape index (κ2) is 7.09. The van der Waals surface area contributed by atoms with Gasteiger partial charge in [-0.25, -0.2) is 4.39 Å². The molecule has 0 bridgehead atoms. The molecule has 1 amide bonds. The van der Waals surface area contributed by atoms with E-state index in [0.29, 0.717) is 12.2 Å². The second-order valence-corrected chi connectivity index (χ2v) is 4.44. The highest BCUT2D eigenvalue weighted by Crippen LogP contribution is 2.29. The van der Waals surface area contributed by atoms with Crippen molar-refractivity contribution in [2.24, 2.45) is 0 Å². The molecule has 0 aliphatic rings. The number of hydrogen-bond acceptors (Lipinski definition) is 3. The maximum absolute atomic E-state index is 13.8. The summed E-state index contributed by atoms with van der Waals surface area (Å²) in [4.78, 5) is 13.3. The number of carbonyl (C=O) groups is 1. The Labute approximate surface area is 113 Å². The fourth-order valence-corrected chi connectivity index (χ4v) is 2.02. The van der Waals surface area contributed by atoms with Crippen molar-refractivity contribution in [3.05, 3.63) is 29.6 Å². The molecule has 106 valence electrons. The largest absolute Gasteiger partial charge is 0.389 e. The smallest absolute Gasteiger partial charge is 0.239 e. The van der Waals surface area contributed by atoms with Gasteiger partial charge in [0.2, 0.25) is 5.91 Å². The van der Waals surface area contributed by atoms with E-state index in [4.69, 9.17) is 0 Å². The first-order valence-electron chi connectivity index (χ1n) is 6.43. The minimum absolute atomic E-state index is 0.144. The number of rotatable bonds is 6. The van der Waals surface area contributed by atoms with Gasteiger partial charge in [0.05, 0.1) is 12.6 Å². The lowest BCUT2D eigenvalue weighted by Crippen LogP contribution is -2.36. The summed E-state index contributed by atoms with van der Waals surface area (Å²) in [6.07, 6.45) is -0.0903. The van der Waals surface area contributed by atoms with E-state index < -0.39 is 11.9 Å². The van der Waals surface area contributed by atoms with Crippen LogP contribution >= 0.6 is 0 Å². The standard InChI is InChI=1S/C14H21FN2O2/c1-4-8-17(9-13(19)16-3)12-7-5-6-11(15)14(12)10(2)18/h5-7,10,18H,4,8-9H2,1-3H3,(H,16,19)/t10-/m1/s1. The predicted molar refractivity (Wildman–Crippen MR) is 73.6 cm³/mol. The van der Waals surface area contributed by atoms with Crippen LogP contribution in [-0.4, -0.2) is 31.2 Å². The Hall–Kier alpha value is -1.62. The molecule has 0 spiro atoms. The van der Waals surface area contributed by atoms with Crippen LogP contribution in [0.25, 0.3) is 0 Å². The van der Waals surface area contributed by atoms with E-state index in [1.54, 1.807) is 24.1 Å². The molecule has 0 saturated carbocycles. The van der Waals surface area contributed by atoms with Crippen molar-refractivity contribution in [2.75, 3.05) is 25.0 Å². The number of aliphatic hydroxyl groups excluding tert-OH is 1. The van der Waals surface area contributed by atoms with Gasteiger partial charge in [0, 0.05) is 24.8 Å². The third kappa shape index (κ3) is 3.92. The lowest BCUT2D eigenvalue weighted by atomic mass is 10.1. The molecule has 0 radical (unpaired) electrons. The zero-order valence-electron chi connectivity index (χ0n) is 11.6. The van der Waals surface area contributed by atoms with E-state index in [-0.39, 0.29) is 18.0 Å². The van der Waals surface area contributed by atoms with Crippen molar-refractivity contribution in [3.63, 3.8) is 0 Å². The van der Waals surface area contributed by atoms with Gasteiger partial charge in [-0.15, -0.1) is 0 Å². The SMILES string of the molecule is CCCN(CC(=O)NC)c1cccc(F)c1[C@@H](C)O. The summed E-state index contributed by atoms with van der Waals surface area (Å²) >= 11 is 0. The third-order valence-corrected chi connectivity index (χ3v) is 2.90. The van der Waals surface area contributed by atoms with Gasteiger partial charge < -0.3 is 15.3 Å². The van der Waals surface area contributed by atoms with Crippen LogP contribution in [-0.2, 0) is 4.79 Å². The number of nitrogens with zero attached hydrogens (tertiary/aromatic N) is 1. The van der Waals surface area contributed by atoms with Crippen molar-refractivity contribution in [2.45, 2.75) is 26.4 Å². The summed E-state index contributed by atoms with van der Waals surface area (Å²) in [6.45, 7) is 4.27. The molecular formula is C14H21FN2O2. The Morgan fingerprint density at radius 3 is 2.74 bits per heavy atom.